The van der Waals surface area contributed by atoms with Crippen molar-refractivity contribution in [2.45, 2.75) is 19.8 Å². The monoisotopic (exact) mass is 366 g/mol. The summed E-state index contributed by atoms with van der Waals surface area (Å²) in [6, 6.07) is 13.9. The molecule has 27 heavy (non-hydrogen) atoms. The number of ether oxygens (including phenoxy) is 1. The molecule has 1 aliphatic rings. The van der Waals surface area contributed by atoms with E-state index in [0.717, 1.165) is 12.0 Å². The first-order valence-corrected chi connectivity index (χ1v) is 8.96. The van der Waals surface area contributed by atoms with E-state index in [4.69, 9.17) is 4.74 Å². The van der Waals surface area contributed by atoms with Crippen molar-refractivity contribution in [2.75, 3.05) is 25.0 Å². The summed E-state index contributed by atoms with van der Waals surface area (Å²) in [6.45, 7) is 3.18. The summed E-state index contributed by atoms with van der Waals surface area (Å²) < 4.78 is 5.30. The molecular formula is C21H22N2O4. The Morgan fingerprint density at radius 3 is 2.56 bits per heavy atom. The first-order chi connectivity index (χ1) is 13.0. The standard InChI is InChI=1S/C21H22N2O4/c1-15-8-10-16(11-9-15)20(25)22-18-6-3-2-5-17(18)21(26)27-14-13-23-12-4-7-19(23)24/h2-3,5-6,8-11H,4,7,12-14H2,1H3,(H,22,25). The highest BCUT2D eigenvalue weighted by Crippen LogP contribution is 2.18. The maximum atomic E-state index is 12.4. The molecule has 0 aliphatic carbocycles. The Hall–Kier alpha value is -3.15. The number of para-hydroxylation sites is 1. The van der Waals surface area contributed by atoms with Gasteiger partial charge in [-0.1, -0.05) is 29.8 Å². The second kappa shape index (κ2) is 8.49. The molecule has 6 heteroatoms. The van der Waals surface area contributed by atoms with Crippen molar-refractivity contribution in [1.29, 1.82) is 0 Å². The van der Waals surface area contributed by atoms with Crippen LogP contribution in [0.15, 0.2) is 48.5 Å². The highest BCUT2D eigenvalue weighted by Gasteiger charge is 2.21. The van der Waals surface area contributed by atoms with Crippen LogP contribution < -0.4 is 5.32 Å². The van der Waals surface area contributed by atoms with Crippen LogP contribution >= 0.6 is 0 Å². The molecular weight excluding hydrogens is 344 g/mol. The van der Waals surface area contributed by atoms with Gasteiger partial charge >= 0.3 is 5.97 Å². The van der Waals surface area contributed by atoms with Crippen LogP contribution in [0.1, 0.15) is 39.1 Å². The van der Waals surface area contributed by atoms with Crippen LogP contribution in [0.4, 0.5) is 5.69 Å². The SMILES string of the molecule is Cc1ccc(C(=O)Nc2ccccc2C(=O)OCCN2CCCC2=O)cc1. The van der Waals surface area contributed by atoms with Gasteiger partial charge < -0.3 is 15.0 Å². The molecule has 0 bridgehead atoms. The third-order valence-electron chi connectivity index (χ3n) is 4.47. The largest absolute Gasteiger partial charge is 0.460 e. The van der Waals surface area contributed by atoms with Gasteiger partial charge in [-0.25, -0.2) is 4.79 Å². The smallest absolute Gasteiger partial charge is 0.340 e. The van der Waals surface area contributed by atoms with Crippen LogP contribution in [0, 0.1) is 6.92 Å². The maximum absolute atomic E-state index is 12.4. The number of nitrogens with one attached hydrogen (secondary N) is 1. The summed E-state index contributed by atoms with van der Waals surface area (Å²) in [7, 11) is 0. The van der Waals surface area contributed by atoms with Gasteiger partial charge in [0.15, 0.2) is 0 Å². The van der Waals surface area contributed by atoms with E-state index in [-0.39, 0.29) is 24.0 Å². The number of carbonyl (C=O) groups excluding carboxylic acids is 3. The number of amides is 2. The summed E-state index contributed by atoms with van der Waals surface area (Å²) in [5.74, 6) is -0.726. The summed E-state index contributed by atoms with van der Waals surface area (Å²) in [5.41, 5.74) is 2.25. The third kappa shape index (κ3) is 4.73. The van der Waals surface area contributed by atoms with Crippen LogP contribution in [0.2, 0.25) is 0 Å². The number of rotatable bonds is 6. The van der Waals surface area contributed by atoms with E-state index in [1.807, 2.05) is 19.1 Å². The van der Waals surface area contributed by atoms with Gasteiger partial charge in [0.2, 0.25) is 5.91 Å². The Labute approximate surface area is 158 Å². The fourth-order valence-corrected chi connectivity index (χ4v) is 2.94. The molecule has 2 aromatic carbocycles. The van der Waals surface area contributed by atoms with Gasteiger partial charge in [0.05, 0.1) is 17.8 Å². The van der Waals surface area contributed by atoms with E-state index in [9.17, 15) is 14.4 Å². The van der Waals surface area contributed by atoms with Gasteiger partial charge in [-0.05, 0) is 37.6 Å². The van der Waals surface area contributed by atoms with Gasteiger partial charge in [0.25, 0.3) is 5.91 Å². The number of likely N-dealkylation sites (tertiary alicyclic amines) is 1. The van der Waals surface area contributed by atoms with Gasteiger partial charge in [-0.2, -0.15) is 0 Å². The molecule has 0 unspecified atom stereocenters. The molecule has 2 aromatic rings. The minimum absolute atomic E-state index is 0.0943. The van der Waals surface area contributed by atoms with Crippen molar-refractivity contribution in [3.05, 3.63) is 65.2 Å². The molecule has 1 heterocycles. The summed E-state index contributed by atoms with van der Waals surface area (Å²) in [5, 5.41) is 2.76. The molecule has 1 aliphatic heterocycles. The van der Waals surface area contributed by atoms with Gasteiger partial charge in [-0.3, -0.25) is 9.59 Å². The molecule has 140 valence electrons. The second-order valence-corrected chi connectivity index (χ2v) is 6.49. The first-order valence-electron chi connectivity index (χ1n) is 8.96. The quantitative estimate of drug-likeness (QED) is 0.798. The molecule has 1 saturated heterocycles. The van der Waals surface area contributed by atoms with Crippen molar-refractivity contribution >= 4 is 23.5 Å². The Morgan fingerprint density at radius 1 is 1.11 bits per heavy atom. The topological polar surface area (TPSA) is 75.7 Å². The summed E-state index contributed by atoms with van der Waals surface area (Å²) in [6.07, 6.45) is 1.41. The van der Waals surface area contributed by atoms with Crippen LogP contribution in [-0.2, 0) is 9.53 Å². The van der Waals surface area contributed by atoms with E-state index >= 15 is 0 Å². The zero-order chi connectivity index (χ0) is 19.2. The zero-order valence-electron chi connectivity index (χ0n) is 15.2. The van der Waals surface area contributed by atoms with Gasteiger partial charge in [0.1, 0.15) is 6.61 Å². The normalized spacial score (nSPS) is 13.5. The molecule has 1 N–H and O–H groups in total. The van der Waals surface area contributed by atoms with Crippen LogP contribution in [0.5, 0.6) is 0 Å². The first kappa shape index (κ1) is 18.6. The molecule has 0 radical (unpaired) electrons. The van der Waals surface area contributed by atoms with Crippen LogP contribution in [-0.4, -0.2) is 42.4 Å². The fraction of sp³-hybridized carbons (Fsp3) is 0.286. The lowest BCUT2D eigenvalue weighted by atomic mass is 10.1. The molecule has 0 spiro atoms. The second-order valence-electron chi connectivity index (χ2n) is 6.49. The maximum Gasteiger partial charge on any atom is 0.340 e. The molecule has 0 saturated carbocycles. The molecule has 1 fully saturated rings. The minimum Gasteiger partial charge on any atom is -0.460 e. The van der Waals surface area contributed by atoms with Crippen molar-refractivity contribution in [1.82, 2.24) is 4.90 Å². The van der Waals surface area contributed by atoms with Crippen molar-refractivity contribution < 1.29 is 19.1 Å². The van der Waals surface area contributed by atoms with Gasteiger partial charge in [0, 0.05) is 18.5 Å². The minimum atomic E-state index is -0.526. The molecule has 3 rings (SSSR count). The number of esters is 1. The average Bonchev–Trinajstić information content (AvgIpc) is 3.07. The predicted octanol–water partition coefficient (Wildman–Crippen LogP) is 3.03. The van der Waals surface area contributed by atoms with E-state index < -0.39 is 5.97 Å². The molecule has 6 nitrogen and oxygen atoms in total. The summed E-state index contributed by atoms with van der Waals surface area (Å²) in [4.78, 5) is 38.1. The van der Waals surface area contributed by atoms with E-state index in [1.165, 1.54) is 0 Å². The highest BCUT2D eigenvalue weighted by molar-refractivity contribution is 6.08. The van der Waals surface area contributed by atoms with Crippen LogP contribution in [0.25, 0.3) is 0 Å². The highest BCUT2D eigenvalue weighted by atomic mass is 16.5. The van der Waals surface area contributed by atoms with Gasteiger partial charge in [-0.15, -0.1) is 0 Å². The average molecular weight is 366 g/mol. The molecule has 0 atom stereocenters. The Bertz CT molecular complexity index is 846. The number of hydrogen-bond acceptors (Lipinski definition) is 4. The Balaban J connectivity index is 1.62. The number of nitrogens with zero attached hydrogens (tertiary/aromatic N) is 1. The Kier molecular flexibility index (Phi) is 5.86. The fourth-order valence-electron chi connectivity index (χ4n) is 2.94. The lowest BCUT2D eigenvalue weighted by Gasteiger charge is -2.16. The number of anilines is 1. The molecule has 2 amide bonds. The van der Waals surface area contributed by atoms with E-state index in [2.05, 4.69) is 5.32 Å². The van der Waals surface area contributed by atoms with E-state index in [0.29, 0.717) is 30.8 Å². The number of aryl methyl sites for hydroxylation is 1. The lowest BCUT2D eigenvalue weighted by Crippen LogP contribution is -2.29. The molecule has 0 aromatic heterocycles. The van der Waals surface area contributed by atoms with Crippen molar-refractivity contribution in [3.63, 3.8) is 0 Å². The zero-order valence-corrected chi connectivity index (χ0v) is 15.2. The van der Waals surface area contributed by atoms with Crippen molar-refractivity contribution in [2.24, 2.45) is 0 Å². The van der Waals surface area contributed by atoms with Crippen LogP contribution in [0.3, 0.4) is 0 Å². The lowest BCUT2D eigenvalue weighted by molar-refractivity contribution is -0.128. The Morgan fingerprint density at radius 2 is 1.85 bits per heavy atom. The third-order valence-corrected chi connectivity index (χ3v) is 4.47. The van der Waals surface area contributed by atoms with Crippen molar-refractivity contribution in [3.8, 4) is 0 Å². The summed E-state index contributed by atoms with van der Waals surface area (Å²) >= 11 is 0. The number of carbonyl (C=O) groups is 3. The predicted molar refractivity (Wildman–Crippen MR) is 102 cm³/mol. The van der Waals surface area contributed by atoms with E-state index in [1.54, 1.807) is 41.3 Å². The number of benzene rings is 2. The number of hydrogen-bond donors (Lipinski definition) is 1.